The van der Waals surface area contributed by atoms with Crippen molar-refractivity contribution in [1.29, 1.82) is 0 Å². The highest BCUT2D eigenvalue weighted by Crippen LogP contribution is 2.29. The van der Waals surface area contributed by atoms with E-state index in [1.54, 1.807) is 0 Å². The lowest BCUT2D eigenvalue weighted by molar-refractivity contribution is -0.0576. The summed E-state index contributed by atoms with van der Waals surface area (Å²) in [5, 5.41) is 27.8. The SMILES string of the molecule is OCC1OC(n2ccnc2F)C(O)C1O. The predicted molar refractivity (Wildman–Crippen MR) is 45.2 cm³/mol. The second-order valence-corrected chi connectivity index (χ2v) is 3.33. The van der Waals surface area contributed by atoms with Gasteiger partial charge in [0.15, 0.2) is 6.23 Å². The van der Waals surface area contributed by atoms with Gasteiger partial charge in [-0.1, -0.05) is 0 Å². The van der Waals surface area contributed by atoms with Crippen molar-refractivity contribution in [2.45, 2.75) is 24.5 Å². The minimum atomic E-state index is -1.29. The number of hydrogen-bond acceptors (Lipinski definition) is 5. The fraction of sp³-hybridized carbons (Fsp3) is 0.625. The van der Waals surface area contributed by atoms with Gasteiger partial charge in [-0.05, 0) is 0 Å². The van der Waals surface area contributed by atoms with Gasteiger partial charge < -0.3 is 20.1 Å². The van der Waals surface area contributed by atoms with Gasteiger partial charge in [0.25, 0.3) is 6.08 Å². The maximum atomic E-state index is 13.0. The number of aromatic nitrogens is 2. The molecule has 0 spiro atoms. The van der Waals surface area contributed by atoms with Crippen LogP contribution in [-0.2, 0) is 4.74 Å². The second-order valence-electron chi connectivity index (χ2n) is 3.33. The number of ether oxygens (including phenoxy) is 1. The summed E-state index contributed by atoms with van der Waals surface area (Å²) in [5.74, 6) is 0. The number of aliphatic hydroxyl groups excluding tert-OH is 3. The van der Waals surface area contributed by atoms with E-state index in [0.717, 1.165) is 4.57 Å². The van der Waals surface area contributed by atoms with E-state index in [9.17, 15) is 14.6 Å². The van der Waals surface area contributed by atoms with Crippen LogP contribution in [0.25, 0.3) is 0 Å². The summed E-state index contributed by atoms with van der Waals surface area (Å²) in [7, 11) is 0. The van der Waals surface area contributed by atoms with E-state index >= 15 is 0 Å². The van der Waals surface area contributed by atoms with E-state index in [0.29, 0.717) is 0 Å². The Morgan fingerprint density at radius 3 is 2.67 bits per heavy atom. The first-order valence-corrected chi connectivity index (χ1v) is 4.46. The number of halogens is 1. The third kappa shape index (κ3) is 1.63. The zero-order valence-corrected chi connectivity index (χ0v) is 7.69. The predicted octanol–water partition coefficient (Wildman–Crippen LogP) is -1.37. The standard InChI is InChI=1S/C8H11FN2O4/c9-8-10-1-2-11(8)7-6(14)5(13)4(3-12)15-7/h1-2,4-7,12-14H,3H2. The Morgan fingerprint density at radius 1 is 1.47 bits per heavy atom. The van der Waals surface area contributed by atoms with Crippen LogP contribution >= 0.6 is 0 Å². The molecule has 0 aromatic carbocycles. The van der Waals surface area contributed by atoms with Crippen LogP contribution in [0.2, 0.25) is 0 Å². The lowest BCUT2D eigenvalue weighted by atomic mass is 10.1. The van der Waals surface area contributed by atoms with Crippen molar-refractivity contribution in [3.8, 4) is 0 Å². The molecular formula is C8H11FN2O4. The third-order valence-corrected chi connectivity index (χ3v) is 2.41. The van der Waals surface area contributed by atoms with Crippen LogP contribution in [0.1, 0.15) is 6.23 Å². The van der Waals surface area contributed by atoms with Crippen LogP contribution in [0.4, 0.5) is 4.39 Å². The fourth-order valence-corrected chi connectivity index (χ4v) is 1.59. The van der Waals surface area contributed by atoms with Gasteiger partial charge in [-0.2, -0.15) is 4.39 Å². The van der Waals surface area contributed by atoms with Crippen LogP contribution in [0.15, 0.2) is 12.4 Å². The van der Waals surface area contributed by atoms with Crippen molar-refractivity contribution < 1.29 is 24.4 Å². The van der Waals surface area contributed by atoms with E-state index < -0.39 is 37.2 Å². The monoisotopic (exact) mass is 218 g/mol. The van der Waals surface area contributed by atoms with Crippen molar-refractivity contribution >= 4 is 0 Å². The highest BCUT2D eigenvalue weighted by atomic mass is 19.1. The molecule has 1 saturated heterocycles. The van der Waals surface area contributed by atoms with Gasteiger partial charge in [0.2, 0.25) is 0 Å². The van der Waals surface area contributed by atoms with E-state index in [-0.39, 0.29) is 0 Å². The Balaban J connectivity index is 2.22. The lowest BCUT2D eigenvalue weighted by Gasteiger charge is -2.15. The summed E-state index contributed by atoms with van der Waals surface area (Å²) >= 11 is 0. The van der Waals surface area contributed by atoms with Gasteiger partial charge in [0.1, 0.15) is 18.3 Å². The molecule has 4 unspecified atom stereocenters. The lowest BCUT2D eigenvalue weighted by Crippen LogP contribution is -2.33. The average molecular weight is 218 g/mol. The van der Waals surface area contributed by atoms with E-state index in [2.05, 4.69) is 4.98 Å². The molecule has 3 N–H and O–H groups in total. The largest absolute Gasteiger partial charge is 0.394 e. The molecule has 1 aromatic heterocycles. The molecule has 0 saturated carbocycles. The summed E-state index contributed by atoms with van der Waals surface area (Å²) in [4.78, 5) is 3.33. The van der Waals surface area contributed by atoms with Gasteiger partial charge in [-0.3, -0.25) is 4.57 Å². The normalized spacial score (nSPS) is 36.0. The van der Waals surface area contributed by atoms with Gasteiger partial charge in [0, 0.05) is 12.4 Å². The van der Waals surface area contributed by atoms with Crippen LogP contribution in [0.3, 0.4) is 0 Å². The molecule has 0 amide bonds. The molecule has 84 valence electrons. The average Bonchev–Trinajstić information content (AvgIpc) is 2.74. The first kappa shape index (κ1) is 10.5. The number of rotatable bonds is 2. The molecule has 15 heavy (non-hydrogen) atoms. The van der Waals surface area contributed by atoms with Gasteiger partial charge >= 0.3 is 0 Å². The van der Waals surface area contributed by atoms with Gasteiger partial charge in [-0.15, -0.1) is 0 Å². The maximum absolute atomic E-state index is 13.0. The topological polar surface area (TPSA) is 87.7 Å². The highest BCUT2D eigenvalue weighted by Gasteiger charge is 2.43. The van der Waals surface area contributed by atoms with E-state index in [1.165, 1.54) is 12.4 Å². The Morgan fingerprint density at radius 2 is 2.20 bits per heavy atom. The van der Waals surface area contributed by atoms with Crippen molar-refractivity contribution in [2.24, 2.45) is 0 Å². The van der Waals surface area contributed by atoms with E-state index in [1.807, 2.05) is 0 Å². The van der Waals surface area contributed by atoms with Gasteiger partial charge in [0.05, 0.1) is 6.61 Å². The zero-order chi connectivity index (χ0) is 11.0. The van der Waals surface area contributed by atoms with Crippen molar-refractivity contribution in [3.63, 3.8) is 0 Å². The Hall–Kier alpha value is -1.02. The first-order valence-electron chi connectivity index (χ1n) is 4.46. The van der Waals surface area contributed by atoms with Crippen molar-refractivity contribution in [1.82, 2.24) is 9.55 Å². The summed E-state index contributed by atoms with van der Waals surface area (Å²) < 4.78 is 19.1. The molecule has 0 radical (unpaired) electrons. The Kier molecular flexibility index (Phi) is 2.70. The number of aliphatic hydroxyl groups is 3. The third-order valence-electron chi connectivity index (χ3n) is 2.41. The highest BCUT2D eigenvalue weighted by molar-refractivity contribution is 4.92. The minimum Gasteiger partial charge on any atom is -0.394 e. The molecule has 0 aliphatic carbocycles. The minimum absolute atomic E-state index is 0.439. The molecular weight excluding hydrogens is 207 g/mol. The smallest absolute Gasteiger partial charge is 0.291 e. The summed E-state index contributed by atoms with van der Waals surface area (Å²) in [5.41, 5.74) is 0. The maximum Gasteiger partial charge on any atom is 0.291 e. The summed E-state index contributed by atoms with van der Waals surface area (Å²) in [6, 6.07) is 0. The van der Waals surface area contributed by atoms with Crippen LogP contribution in [-0.4, -0.2) is 49.8 Å². The molecule has 4 atom stereocenters. The van der Waals surface area contributed by atoms with Crippen LogP contribution in [0, 0.1) is 6.08 Å². The molecule has 2 heterocycles. The molecule has 6 nitrogen and oxygen atoms in total. The molecule has 0 bridgehead atoms. The first-order chi connectivity index (χ1) is 7.15. The molecule has 1 fully saturated rings. The van der Waals surface area contributed by atoms with E-state index in [4.69, 9.17) is 9.84 Å². The second kappa shape index (κ2) is 3.86. The fourth-order valence-electron chi connectivity index (χ4n) is 1.59. The molecule has 1 aliphatic heterocycles. The molecule has 7 heteroatoms. The number of imidazole rings is 1. The molecule has 2 rings (SSSR count). The van der Waals surface area contributed by atoms with Crippen molar-refractivity contribution in [2.75, 3.05) is 6.61 Å². The van der Waals surface area contributed by atoms with Crippen molar-refractivity contribution in [3.05, 3.63) is 18.5 Å². The molecule has 1 aliphatic rings. The van der Waals surface area contributed by atoms with Gasteiger partial charge in [-0.25, -0.2) is 4.98 Å². The molecule has 1 aromatic rings. The quantitative estimate of drug-likeness (QED) is 0.570. The van der Waals surface area contributed by atoms with Crippen LogP contribution < -0.4 is 0 Å². The number of hydrogen-bond donors (Lipinski definition) is 3. The number of nitrogens with zero attached hydrogens (tertiary/aromatic N) is 2. The summed E-state index contributed by atoms with van der Waals surface area (Å²) in [6.45, 7) is -0.439. The van der Waals surface area contributed by atoms with Crippen LogP contribution in [0.5, 0.6) is 0 Å². The Bertz CT molecular complexity index is 345. The zero-order valence-electron chi connectivity index (χ0n) is 7.69. The Labute approximate surface area is 84.6 Å². The summed E-state index contributed by atoms with van der Waals surface area (Å²) in [6.07, 6.45) is -2.80.